The van der Waals surface area contributed by atoms with Crippen LogP contribution in [0.2, 0.25) is 0 Å². The van der Waals surface area contributed by atoms with Crippen LogP contribution in [0.1, 0.15) is 26.6 Å². The Balaban J connectivity index is 2.41. The zero-order valence-electron chi connectivity index (χ0n) is 11.4. The van der Waals surface area contributed by atoms with Crippen LogP contribution in [-0.4, -0.2) is 29.0 Å². The highest BCUT2D eigenvalue weighted by atomic mass is 32.1. The van der Waals surface area contributed by atoms with E-state index in [9.17, 15) is 9.59 Å². The van der Waals surface area contributed by atoms with Gasteiger partial charge in [0, 0.05) is 11.1 Å². The van der Waals surface area contributed by atoms with Gasteiger partial charge in [0.15, 0.2) is 0 Å². The van der Waals surface area contributed by atoms with Crippen LogP contribution in [0.15, 0.2) is 5.38 Å². The summed E-state index contributed by atoms with van der Waals surface area (Å²) >= 11 is 1.36. The van der Waals surface area contributed by atoms with Crippen LogP contribution in [0.4, 0.5) is 0 Å². The highest BCUT2D eigenvalue weighted by Crippen LogP contribution is 2.29. The molecule has 0 spiro atoms. The van der Waals surface area contributed by atoms with E-state index in [1.54, 1.807) is 6.92 Å². The predicted octanol–water partition coefficient (Wildman–Crippen LogP) is 1.57. The van der Waals surface area contributed by atoms with Crippen molar-refractivity contribution in [1.82, 2.24) is 9.97 Å². The van der Waals surface area contributed by atoms with Crippen LogP contribution >= 0.6 is 11.3 Å². The average Bonchev–Trinajstić information content (AvgIpc) is 2.93. The molecule has 0 aromatic carbocycles. The normalized spacial score (nSPS) is 10.6. The predicted molar refractivity (Wildman–Crippen MR) is 75.6 cm³/mol. The quantitative estimate of drug-likeness (QED) is 0.836. The monoisotopic (exact) mass is 293 g/mol. The van der Waals surface area contributed by atoms with Crippen molar-refractivity contribution in [3.63, 3.8) is 0 Å². The molecular weight excluding hydrogens is 278 g/mol. The number of amides is 1. The minimum Gasteiger partial charge on any atom is -0.465 e. The summed E-state index contributed by atoms with van der Waals surface area (Å²) in [6.07, 6.45) is 0.118. The number of carbonyl (C=O) groups is 2. The van der Waals surface area contributed by atoms with E-state index in [1.807, 2.05) is 12.3 Å². The van der Waals surface area contributed by atoms with Crippen LogP contribution in [0.25, 0.3) is 11.4 Å². The number of aryl methyl sites for hydroxylation is 1. The third-order valence-corrected chi connectivity index (χ3v) is 3.81. The molecule has 0 aliphatic carbocycles. The van der Waals surface area contributed by atoms with Gasteiger partial charge in [-0.1, -0.05) is 0 Å². The van der Waals surface area contributed by atoms with Crippen molar-refractivity contribution in [2.45, 2.75) is 20.3 Å². The van der Waals surface area contributed by atoms with Gasteiger partial charge < -0.3 is 15.5 Å². The van der Waals surface area contributed by atoms with Gasteiger partial charge in [-0.05, 0) is 19.4 Å². The number of hydrogen-bond acceptors (Lipinski definition) is 5. The Labute approximate surface area is 120 Å². The zero-order valence-corrected chi connectivity index (χ0v) is 12.3. The van der Waals surface area contributed by atoms with Gasteiger partial charge >= 0.3 is 5.97 Å². The number of esters is 1. The second-order valence-electron chi connectivity index (χ2n) is 4.39. The number of nitrogens with zero attached hydrogens (tertiary/aromatic N) is 1. The summed E-state index contributed by atoms with van der Waals surface area (Å²) in [4.78, 5) is 30.1. The van der Waals surface area contributed by atoms with E-state index in [4.69, 9.17) is 10.5 Å². The zero-order chi connectivity index (χ0) is 14.9. The molecule has 7 heteroatoms. The fourth-order valence-electron chi connectivity index (χ4n) is 2.07. The van der Waals surface area contributed by atoms with Crippen molar-refractivity contribution in [2.75, 3.05) is 7.11 Å². The Morgan fingerprint density at radius 2 is 2.15 bits per heavy atom. The SMILES string of the molecule is COC(=O)c1c(C)[nH]c(-c2csc(CC(N)=O)n2)c1C. The maximum atomic E-state index is 11.7. The molecule has 2 aromatic rings. The molecule has 0 saturated heterocycles. The first-order valence-electron chi connectivity index (χ1n) is 5.94. The Kier molecular flexibility index (Phi) is 3.89. The number of rotatable bonds is 4. The van der Waals surface area contributed by atoms with Crippen LogP contribution < -0.4 is 5.73 Å². The number of primary amides is 1. The summed E-state index contributed by atoms with van der Waals surface area (Å²) < 4.78 is 4.77. The van der Waals surface area contributed by atoms with Gasteiger partial charge in [0.1, 0.15) is 5.01 Å². The Hall–Kier alpha value is -2.15. The molecular formula is C13H15N3O3S. The summed E-state index contributed by atoms with van der Waals surface area (Å²) in [6, 6.07) is 0. The molecule has 0 bridgehead atoms. The van der Waals surface area contributed by atoms with Gasteiger partial charge in [0.05, 0.1) is 30.5 Å². The number of hydrogen-bond donors (Lipinski definition) is 2. The molecule has 20 heavy (non-hydrogen) atoms. The standard InChI is InChI=1S/C13H15N3O3S/c1-6-11(13(18)19-3)7(2)15-12(6)8-5-20-10(16-8)4-9(14)17/h5,15H,4H2,1-3H3,(H2,14,17). The average molecular weight is 293 g/mol. The van der Waals surface area contributed by atoms with E-state index in [0.717, 1.165) is 17.0 Å². The number of nitrogens with one attached hydrogen (secondary N) is 1. The molecule has 3 N–H and O–H groups in total. The highest BCUT2D eigenvalue weighted by Gasteiger charge is 2.20. The number of H-pyrrole nitrogens is 1. The summed E-state index contributed by atoms with van der Waals surface area (Å²) in [6.45, 7) is 3.64. The number of carbonyl (C=O) groups excluding carboxylic acids is 2. The molecule has 2 aromatic heterocycles. The smallest absolute Gasteiger partial charge is 0.339 e. The first-order valence-corrected chi connectivity index (χ1v) is 6.82. The second-order valence-corrected chi connectivity index (χ2v) is 5.33. The van der Waals surface area contributed by atoms with Crippen LogP contribution in [0.3, 0.4) is 0 Å². The number of aromatic nitrogens is 2. The summed E-state index contributed by atoms with van der Waals surface area (Å²) in [5.41, 5.74) is 8.64. The first-order chi connectivity index (χ1) is 9.43. The molecule has 0 unspecified atom stereocenters. The van der Waals surface area contributed by atoms with Gasteiger partial charge in [0.2, 0.25) is 5.91 Å². The first kappa shape index (κ1) is 14.3. The van der Waals surface area contributed by atoms with E-state index >= 15 is 0 Å². The summed E-state index contributed by atoms with van der Waals surface area (Å²) in [7, 11) is 1.35. The van der Waals surface area contributed by atoms with Gasteiger partial charge in [-0.15, -0.1) is 11.3 Å². The largest absolute Gasteiger partial charge is 0.465 e. The van der Waals surface area contributed by atoms with Crippen molar-refractivity contribution >= 4 is 23.2 Å². The minimum absolute atomic E-state index is 0.118. The highest BCUT2D eigenvalue weighted by molar-refractivity contribution is 7.10. The van der Waals surface area contributed by atoms with E-state index in [0.29, 0.717) is 16.3 Å². The Morgan fingerprint density at radius 1 is 1.45 bits per heavy atom. The van der Waals surface area contributed by atoms with Gasteiger partial charge in [-0.3, -0.25) is 4.79 Å². The number of methoxy groups -OCH3 is 1. The lowest BCUT2D eigenvalue weighted by atomic mass is 10.1. The third kappa shape index (κ3) is 2.57. The molecule has 106 valence electrons. The van der Waals surface area contributed by atoms with E-state index in [1.165, 1.54) is 18.4 Å². The maximum absolute atomic E-state index is 11.7. The lowest BCUT2D eigenvalue weighted by Crippen LogP contribution is -2.13. The molecule has 2 rings (SSSR count). The molecule has 0 aliphatic heterocycles. The molecule has 0 radical (unpaired) electrons. The number of ether oxygens (including phenoxy) is 1. The van der Waals surface area contributed by atoms with Crippen molar-refractivity contribution in [3.05, 3.63) is 27.2 Å². The van der Waals surface area contributed by atoms with Crippen molar-refractivity contribution in [3.8, 4) is 11.4 Å². The maximum Gasteiger partial charge on any atom is 0.339 e. The second kappa shape index (κ2) is 5.46. The fourth-order valence-corrected chi connectivity index (χ4v) is 2.87. The third-order valence-electron chi connectivity index (χ3n) is 2.96. The molecule has 1 amide bonds. The van der Waals surface area contributed by atoms with E-state index in [-0.39, 0.29) is 12.4 Å². The van der Waals surface area contributed by atoms with Crippen LogP contribution in [0.5, 0.6) is 0 Å². The summed E-state index contributed by atoms with van der Waals surface area (Å²) in [5.74, 6) is -0.796. The van der Waals surface area contributed by atoms with Crippen molar-refractivity contribution in [2.24, 2.45) is 5.73 Å². The molecule has 2 heterocycles. The van der Waals surface area contributed by atoms with Gasteiger partial charge in [-0.25, -0.2) is 9.78 Å². The molecule has 0 aliphatic rings. The molecule has 6 nitrogen and oxygen atoms in total. The Bertz CT molecular complexity index is 672. The van der Waals surface area contributed by atoms with E-state index < -0.39 is 5.91 Å². The van der Waals surface area contributed by atoms with E-state index in [2.05, 4.69) is 9.97 Å². The Morgan fingerprint density at radius 3 is 2.75 bits per heavy atom. The number of aromatic amines is 1. The topological polar surface area (TPSA) is 98.1 Å². The molecule has 0 saturated carbocycles. The lowest BCUT2D eigenvalue weighted by molar-refractivity contribution is -0.117. The number of thiazole rings is 1. The van der Waals surface area contributed by atoms with Crippen LogP contribution in [0, 0.1) is 13.8 Å². The minimum atomic E-state index is -0.416. The van der Waals surface area contributed by atoms with Crippen molar-refractivity contribution < 1.29 is 14.3 Å². The summed E-state index contributed by atoms with van der Waals surface area (Å²) in [5, 5.41) is 2.48. The molecule has 0 atom stereocenters. The molecule has 0 fully saturated rings. The van der Waals surface area contributed by atoms with Crippen LogP contribution in [-0.2, 0) is 16.0 Å². The fraction of sp³-hybridized carbons (Fsp3) is 0.308. The lowest BCUT2D eigenvalue weighted by Gasteiger charge is -1.99. The van der Waals surface area contributed by atoms with Gasteiger partial charge in [0.25, 0.3) is 0 Å². The van der Waals surface area contributed by atoms with Crippen molar-refractivity contribution in [1.29, 1.82) is 0 Å². The number of nitrogens with two attached hydrogens (primary N) is 1. The van der Waals surface area contributed by atoms with Gasteiger partial charge in [-0.2, -0.15) is 0 Å².